The minimum Gasteiger partial charge on any atom is -0.468 e. The number of hydrogen-bond acceptors (Lipinski definition) is 4. The number of hydrogen-bond donors (Lipinski definition) is 2. The molecule has 0 aliphatic rings. The number of aromatic amines is 1. The number of sulfonamides is 1. The molecule has 2 rings (SSSR count). The van der Waals surface area contributed by atoms with Crippen molar-refractivity contribution in [3.8, 4) is 0 Å². The molecule has 7 heteroatoms. The van der Waals surface area contributed by atoms with Crippen LogP contribution in [0.4, 0.5) is 0 Å². The third kappa shape index (κ3) is 3.48. The fraction of sp³-hybridized carbons (Fsp3) is 0.400. The van der Waals surface area contributed by atoms with Gasteiger partial charge in [0.05, 0.1) is 7.11 Å². The molecule has 2 N–H and O–H groups in total. The van der Waals surface area contributed by atoms with E-state index in [1.807, 2.05) is 19.9 Å². The standard InChI is InChI=1S/C15H20N2O4S/c1-10(2)8-13(15(18)21-3)17-22(19,20)14-9-16-12-7-5-4-6-11(12)14/h4-7,9-10,13,16-17H,8H2,1-3H3/t13-/m0/s1. The normalized spacial score (nSPS) is 13.5. The lowest BCUT2D eigenvalue weighted by Crippen LogP contribution is -2.42. The quantitative estimate of drug-likeness (QED) is 0.796. The molecule has 0 saturated carbocycles. The Morgan fingerprint density at radius 2 is 2.00 bits per heavy atom. The lowest BCUT2D eigenvalue weighted by Gasteiger charge is -2.18. The van der Waals surface area contributed by atoms with E-state index in [0.29, 0.717) is 11.8 Å². The molecular weight excluding hydrogens is 304 g/mol. The number of nitrogens with one attached hydrogen (secondary N) is 2. The number of para-hydroxylation sites is 1. The Balaban J connectivity index is 2.34. The lowest BCUT2D eigenvalue weighted by molar-refractivity contribution is -0.143. The molecule has 1 aromatic carbocycles. The molecule has 0 fully saturated rings. The van der Waals surface area contributed by atoms with E-state index in [-0.39, 0.29) is 10.8 Å². The summed E-state index contributed by atoms with van der Waals surface area (Å²) in [6.07, 6.45) is 1.80. The van der Waals surface area contributed by atoms with Crippen molar-refractivity contribution in [2.75, 3.05) is 7.11 Å². The molecule has 1 heterocycles. The molecule has 0 amide bonds. The first-order valence-electron chi connectivity index (χ1n) is 7.01. The summed E-state index contributed by atoms with van der Waals surface area (Å²) < 4.78 is 32.3. The molecule has 22 heavy (non-hydrogen) atoms. The molecule has 120 valence electrons. The number of carbonyl (C=O) groups excluding carboxylic acids is 1. The van der Waals surface area contributed by atoms with Gasteiger partial charge in [-0.15, -0.1) is 0 Å². The first-order valence-corrected chi connectivity index (χ1v) is 8.49. The number of ether oxygens (including phenoxy) is 1. The second-order valence-corrected chi connectivity index (χ2v) is 7.21. The predicted octanol–water partition coefficient (Wildman–Crippen LogP) is 2.03. The third-order valence-corrected chi connectivity index (χ3v) is 4.84. The highest BCUT2D eigenvalue weighted by atomic mass is 32.2. The van der Waals surface area contributed by atoms with Crippen LogP contribution >= 0.6 is 0 Å². The number of H-pyrrole nitrogens is 1. The van der Waals surface area contributed by atoms with Crippen molar-refractivity contribution in [1.29, 1.82) is 0 Å². The monoisotopic (exact) mass is 324 g/mol. The zero-order chi connectivity index (χ0) is 16.3. The first-order chi connectivity index (χ1) is 10.3. The molecule has 0 saturated heterocycles. The molecule has 1 atom stereocenters. The fourth-order valence-corrected chi connectivity index (χ4v) is 3.70. The number of rotatable bonds is 6. The topological polar surface area (TPSA) is 88.3 Å². The summed E-state index contributed by atoms with van der Waals surface area (Å²) >= 11 is 0. The van der Waals surface area contributed by atoms with Gasteiger partial charge >= 0.3 is 5.97 Å². The van der Waals surface area contributed by atoms with Crippen molar-refractivity contribution in [2.24, 2.45) is 5.92 Å². The predicted molar refractivity (Wildman–Crippen MR) is 83.9 cm³/mol. The van der Waals surface area contributed by atoms with Crippen LogP contribution in [0, 0.1) is 5.92 Å². The van der Waals surface area contributed by atoms with Gasteiger partial charge in [0.25, 0.3) is 0 Å². The maximum atomic E-state index is 12.6. The van der Waals surface area contributed by atoms with E-state index >= 15 is 0 Å². The number of fused-ring (bicyclic) bond motifs is 1. The maximum absolute atomic E-state index is 12.6. The summed E-state index contributed by atoms with van der Waals surface area (Å²) in [5.41, 5.74) is 0.723. The van der Waals surface area contributed by atoms with Crippen molar-refractivity contribution in [2.45, 2.75) is 31.2 Å². The number of carbonyl (C=O) groups is 1. The van der Waals surface area contributed by atoms with Gasteiger partial charge in [0.15, 0.2) is 0 Å². The largest absolute Gasteiger partial charge is 0.468 e. The zero-order valence-corrected chi connectivity index (χ0v) is 13.6. The van der Waals surface area contributed by atoms with Crippen molar-refractivity contribution in [1.82, 2.24) is 9.71 Å². The van der Waals surface area contributed by atoms with Crippen LogP contribution in [0.3, 0.4) is 0 Å². The molecule has 0 spiro atoms. The van der Waals surface area contributed by atoms with E-state index in [1.54, 1.807) is 18.2 Å². The molecular formula is C15H20N2O4S. The Hall–Kier alpha value is -1.86. The maximum Gasteiger partial charge on any atom is 0.323 e. The highest BCUT2D eigenvalue weighted by molar-refractivity contribution is 7.89. The fourth-order valence-electron chi connectivity index (χ4n) is 2.32. The summed E-state index contributed by atoms with van der Waals surface area (Å²) in [4.78, 5) is 14.8. The average molecular weight is 324 g/mol. The third-order valence-electron chi connectivity index (χ3n) is 3.33. The zero-order valence-electron chi connectivity index (χ0n) is 12.8. The molecule has 0 unspecified atom stereocenters. The van der Waals surface area contributed by atoms with Crippen LogP contribution in [0.2, 0.25) is 0 Å². The highest BCUT2D eigenvalue weighted by Crippen LogP contribution is 2.23. The first kappa shape index (κ1) is 16.5. The summed E-state index contributed by atoms with van der Waals surface area (Å²) in [6, 6.07) is 6.19. The van der Waals surface area contributed by atoms with Crippen molar-refractivity contribution in [3.63, 3.8) is 0 Å². The highest BCUT2D eigenvalue weighted by Gasteiger charge is 2.28. The molecule has 6 nitrogen and oxygen atoms in total. The Bertz CT molecular complexity index is 765. The van der Waals surface area contributed by atoms with Crippen molar-refractivity contribution < 1.29 is 17.9 Å². The van der Waals surface area contributed by atoms with Gasteiger partial charge in [0.1, 0.15) is 10.9 Å². The SMILES string of the molecule is COC(=O)[C@H](CC(C)C)NS(=O)(=O)c1c[nH]c2ccccc12. The molecule has 0 aliphatic heterocycles. The number of benzene rings is 1. The van der Waals surface area contributed by atoms with Crippen molar-refractivity contribution in [3.05, 3.63) is 30.5 Å². The van der Waals surface area contributed by atoms with Gasteiger partial charge in [-0.3, -0.25) is 4.79 Å². The van der Waals surface area contributed by atoms with Gasteiger partial charge in [0, 0.05) is 17.1 Å². The van der Waals surface area contributed by atoms with E-state index < -0.39 is 22.0 Å². The van der Waals surface area contributed by atoms with E-state index in [2.05, 4.69) is 9.71 Å². The van der Waals surface area contributed by atoms with Crippen LogP contribution in [0.25, 0.3) is 10.9 Å². The Morgan fingerprint density at radius 3 is 2.64 bits per heavy atom. The van der Waals surface area contributed by atoms with E-state index in [1.165, 1.54) is 13.3 Å². The van der Waals surface area contributed by atoms with E-state index in [0.717, 1.165) is 5.52 Å². The molecule has 1 aromatic heterocycles. The van der Waals surface area contributed by atoms with Crippen LogP contribution in [0.15, 0.2) is 35.4 Å². The van der Waals surface area contributed by atoms with E-state index in [9.17, 15) is 13.2 Å². The lowest BCUT2D eigenvalue weighted by atomic mass is 10.1. The summed E-state index contributed by atoms with van der Waals surface area (Å²) in [5.74, 6) is -0.438. The number of methoxy groups -OCH3 is 1. The molecule has 0 aliphatic carbocycles. The van der Waals surface area contributed by atoms with Gasteiger partial charge in [-0.1, -0.05) is 32.0 Å². The van der Waals surface area contributed by atoms with Crippen LogP contribution in [-0.4, -0.2) is 32.5 Å². The van der Waals surface area contributed by atoms with Crippen LogP contribution in [-0.2, 0) is 19.6 Å². The minimum atomic E-state index is -3.83. The Labute approximate surface area is 129 Å². The van der Waals surface area contributed by atoms with Gasteiger partial charge < -0.3 is 9.72 Å². The summed E-state index contributed by atoms with van der Waals surface area (Å²) in [5, 5.41) is 0.586. The summed E-state index contributed by atoms with van der Waals surface area (Å²) in [6.45, 7) is 3.83. The second-order valence-electron chi connectivity index (χ2n) is 5.53. The molecule has 0 bridgehead atoms. The van der Waals surface area contributed by atoms with Crippen LogP contribution in [0.1, 0.15) is 20.3 Å². The van der Waals surface area contributed by atoms with Crippen molar-refractivity contribution >= 4 is 26.9 Å². The Morgan fingerprint density at radius 1 is 1.32 bits per heavy atom. The molecule has 2 aromatic rings. The Kier molecular flexibility index (Phi) is 4.87. The smallest absolute Gasteiger partial charge is 0.323 e. The van der Waals surface area contributed by atoms with Crippen LogP contribution < -0.4 is 4.72 Å². The van der Waals surface area contributed by atoms with Crippen LogP contribution in [0.5, 0.6) is 0 Å². The average Bonchev–Trinajstić information content (AvgIpc) is 2.89. The van der Waals surface area contributed by atoms with Gasteiger partial charge in [-0.05, 0) is 18.4 Å². The minimum absolute atomic E-state index is 0.126. The van der Waals surface area contributed by atoms with E-state index in [4.69, 9.17) is 4.74 Å². The number of aromatic nitrogens is 1. The number of esters is 1. The second kappa shape index (κ2) is 6.50. The molecule has 0 radical (unpaired) electrons. The summed E-state index contributed by atoms with van der Waals surface area (Å²) in [7, 11) is -2.58. The van der Waals surface area contributed by atoms with Gasteiger partial charge in [-0.2, -0.15) is 4.72 Å². The van der Waals surface area contributed by atoms with Gasteiger partial charge in [0.2, 0.25) is 10.0 Å². The van der Waals surface area contributed by atoms with Gasteiger partial charge in [-0.25, -0.2) is 8.42 Å².